The number of amides is 1. The molecule has 0 aliphatic rings. The standard InChI is InChI=1S/C16H18N4O3S/c1-10-15(11(2)20(4)17-10)24(22,23)18-16(21)13-6-5-7-14-12(13)8-9-19(14)3/h5-9H,1-4H3,(H,18,21). The third kappa shape index (κ3) is 2.48. The SMILES string of the molecule is Cc1nn(C)c(C)c1S(=O)(=O)NC(=O)c1cccc2c1ccn2C. The van der Waals surface area contributed by atoms with Gasteiger partial charge in [-0.1, -0.05) is 6.07 Å². The summed E-state index contributed by atoms with van der Waals surface area (Å²) in [5.74, 6) is -0.658. The summed E-state index contributed by atoms with van der Waals surface area (Å²) < 4.78 is 30.7. The smallest absolute Gasteiger partial charge is 0.267 e. The molecule has 0 aliphatic heterocycles. The number of aryl methyl sites for hydroxylation is 3. The van der Waals surface area contributed by atoms with Crippen LogP contribution < -0.4 is 4.72 Å². The first-order valence-electron chi connectivity index (χ1n) is 7.34. The highest BCUT2D eigenvalue weighted by Crippen LogP contribution is 2.22. The van der Waals surface area contributed by atoms with E-state index in [4.69, 9.17) is 0 Å². The van der Waals surface area contributed by atoms with E-state index in [1.807, 2.05) is 23.9 Å². The molecule has 1 amide bonds. The topological polar surface area (TPSA) is 86.0 Å². The molecule has 0 unspecified atom stereocenters. The van der Waals surface area contributed by atoms with E-state index in [1.54, 1.807) is 39.1 Å². The number of carbonyl (C=O) groups is 1. The van der Waals surface area contributed by atoms with Gasteiger partial charge >= 0.3 is 0 Å². The molecule has 0 aliphatic carbocycles. The van der Waals surface area contributed by atoms with Gasteiger partial charge in [0.15, 0.2) is 0 Å². The Balaban J connectivity index is 2.02. The fourth-order valence-corrected chi connectivity index (χ4v) is 4.28. The zero-order chi connectivity index (χ0) is 17.6. The molecule has 0 atom stereocenters. The van der Waals surface area contributed by atoms with Crippen molar-refractivity contribution < 1.29 is 13.2 Å². The molecule has 3 aromatic rings. The first-order chi connectivity index (χ1) is 11.2. The van der Waals surface area contributed by atoms with E-state index >= 15 is 0 Å². The van der Waals surface area contributed by atoms with Crippen LogP contribution in [0.3, 0.4) is 0 Å². The summed E-state index contributed by atoms with van der Waals surface area (Å²) >= 11 is 0. The fourth-order valence-electron chi connectivity index (χ4n) is 2.87. The molecule has 0 fully saturated rings. The van der Waals surface area contributed by atoms with Crippen LogP contribution in [-0.4, -0.2) is 28.7 Å². The van der Waals surface area contributed by atoms with Crippen molar-refractivity contribution in [3.05, 3.63) is 47.4 Å². The Kier molecular flexibility index (Phi) is 3.71. The summed E-state index contributed by atoms with van der Waals surface area (Å²) in [6, 6.07) is 6.99. The van der Waals surface area contributed by atoms with Gasteiger partial charge in [-0.2, -0.15) is 5.10 Å². The number of hydrogen-bond donors (Lipinski definition) is 1. The highest BCUT2D eigenvalue weighted by Gasteiger charge is 2.26. The Labute approximate surface area is 139 Å². The Bertz CT molecular complexity index is 1060. The van der Waals surface area contributed by atoms with Gasteiger partial charge in [-0.25, -0.2) is 13.1 Å². The van der Waals surface area contributed by atoms with E-state index < -0.39 is 15.9 Å². The van der Waals surface area contributed by atoms with Gasteiger partial charge in [0.05, 0.1) is 11.4 Å². The van der Waals surface area contributed by atoms with Crippen molar-refractivity contribution in [3.63, 3.8) is 0 Å². The fraction of sp³-hybridized carbons (Fsp3) is 0.250. The minimum Gasteiger partial charge on any atom is -0.351 e. The molecule has 1 N–H and O–H groups in total. The van der Waals surface area contributed by atoms with Gasteiger partial charge in [-0.3, -0.25) is 9.48 Å². The van der Waals surface area contributed by atoms with Gasteiger partial charge in [-0.15, -0.1) is 0 Å². The highest BCUT2D eigenvalue weighted by molar-refractivity contribution is 7.90. The maximum Gasteiger partial charge on any atom is 0.267 e. The average molecular weight is 346 g/mol. The van der Waals surface area contributed by atoms with Gasteiger partial charge < -0.3 is 4.57 Å². The molecule has 2 heterocycles. The van der Waals surface area contributed by atoms with Gasteiger partial charge in [0.2, 0.25) is 0 Å². The zero-order valence-electron chi connectivity index (χ0n) is 13.9. The van der Waals surface area contributed by atoms with E-state index in [0.29, 0.717) is 22.3 Å². The molecule has 0 saturated heterocycles. The van der Waals surface area contributed by atoms with Crippen LogP contribution in [0.2, 0.25) is 0 Å². The minimum atomic E-state index is -4.00. The number of fused-ring (bicyclic) bond motifs is 1. The van der Waals surface area contributed by atoms with Gasteiger partial charge in [-0.05, 0) is 32.0 Å². The van der Waals surface area contributed by atoms with Crippen molar-refractivity contribution in [3.8, 4) is 0 Å². The lowest BCUT2D eigenvalue weighted by molar-refractivity contribution is 0.0983. The molecule has 8 heteroatoms. The highest BCUT2D eigenvalue weighted by atomic mass is 32.2. The Morgan fingerprint density at radius 1 is 1.17 bits per heavy atom. The molecule has 2 aromatic heterocycles. The first-order valence-corrected chi connectivity index (χ1v) is 8.82. The molecular weight excluding hydrogens is 328 g/mol. The van der Waals surface area contributed by atoms with E-state index in [-0.39, 0.29) is 4.90 Å². The molecule has 3 rings (SSSR count). The maximum absolute atomic E-state index is 12.6. The lowest BCUT2D eigenvalue weighted by atomic mass is 10.1. The second-order valence-electron chi connectivity index (χ2n) is 5.72. The van der Waals surface area contributed by atoms with Crippen LogP contribution in [0.5, 0.6) is 0 Å². The minimum absolute atomic E-state index is 0.0404. The number of nitrogens with one attached hydrogen (secondary N) is 1. The second-order valence-corrected chi connectivity index (χ2v) is 7.34. The molecule has 126 valence electrons. The van der Waals surface area contributed by atoms with E-state index in [1.165, 1.54) is 4.68 Å². The van der Waals surface area contributed by atoms with Crippen LogP contribution in [-0.2, 0) is 24.1 Å². The third-order valence-corrected chi connectivity index (χ3v) is 5.69. The molecule has 1 aromatic carbocycles. The van der Waals surface area contributed by atoms with Crippen LogP contribution in [0.4, 0.5) is 0 Å². The summed E-state index contributed by atoms with van der Waals surface area (Å²) in [6.45, 7) is 3.25. The Hall–Kier alpha value is -2.61. The molecule has 7 nitrogen and oxygen atoms in total. The summed E-state index contributed by atoms with van der Waals surface area (Å²) in [4.78, 5) is 12.6. The lowest BCUT2D eigenvalue weighted by Gasteiger charge is -2.08. The third-order valence-electron chi connectivity index (χ3n) is 4.11. The predicted molar refractivity (Wildman–Crippen MR) is 90.3 cm³/mol. The number of hydrogen-bond acceptors (Lipinski definition) is 4. The van der Waals surface area contributed by atoms with Crippen molar-refractivity contribution in [1.82, 2.24) is 19.1 Å². The van der Waals surface area contributed by atoms with Crippen LogP contribution in [0.1, 0.15) is 21.7 Å². The second kappa shape index (κ2) is 5.48. The van der Waals surface area contributed by atoms with Crippen LogP contribution >= 0.6 is 0 Å². The quantitative estimate of drug-likeness (QED) is 0.781. The number of sulfonamides is 1. The molecular formula is C16H18N4O3S. The summed E-state index contributed by atoms with van der Waals surface area (Å²) in [5, 5.41) is 4.79. The normalized spacial score (nSPS) is 11.8. The average Bonchev–Trinajstić information content (AvgIpc) is 2.99. The van der Waals surface area contributed by atoms with Gasteiger partial charge in [0.25, 0.3) is 15.9 Å². The lowest BCUT2D eigenvalue weighted by Crippen LogP contribution is -2.31. The first kappa shape index (κ1) is 16.3. The molecule has 0 bridgehead atoms. The Morgan fingerprint density at radius 2 is 1.88 bits per heavy atom. The van der Waals surface area contributed by atoms with E-state index in [2.05, 4.69) is 9.82 Å². The number of aromatic nitrogens is 3. The number of nitrogens with zero attached hydrogens (tertiary/aromatic N) is 3. The van der Waals surface area contributed by atoms with Crippen molar-refractivity contribution in [2.24, 2.45) is 14.1 Å². The van der Waals surface area contributed by atoms with E-state index in [0.717, 1.165) is 5.52 Å². The van der Waals surface area contributed by atoms with Crippen LogP contribution in [0, 0.1) is 13.8 Å². The largest absolute Gasteiger partial charge is 0.351 e. The molecule has 0 spiro atoms. The van der Waals surface area contributed by atoms with Gasteiger partial charge in [0, 0.05) is 36.8 Å². The number of carbonyl (C=O) groups excluding carboxylic acids is 1. The summed E-state index contributed by atoms with van der Waals surface area (Å²) in [5.41, 5.74) is 2.00. The summed E-state index contributed by atoms with van der Waals surface area (Å²) in [7, 11) is -0.475. The van der Waals surface area contributed by atoms with Crippen LogP contribution in [0.15, 0.2) is 35.4 Å². The maximum atomic E-state index is 12.6. The Morgan fingerprint density at radius 3 is 2.50 bits per heavy atom. The van der Waals surface area contributed by atoms with Crippen molar-refractivity contribution in [2.75, 3.05) is 0 Å². The monoisotopic (exact) mass is 346 g/mol. The molecule has 0 radical (unpaired) electrons. The molecule has 0 saturated carbocycles. The summed E-state index contributed by atoms with van der Waals surface area (Å²) in [6.07, 6.45) is 1.82. The van der Waals surface area contributed by atoms with Crippen molar-refractivity contribution in [2.45, 2.75) is 18.7 Å². The van der Waals surface area contributed by atoms with Crippen molar-refractivity contribution >= 4 is 26.8 Å². The van der Waals surface area contributed by atoms with Crippen molar-refractivity contribution in [1.29, 1.82) is 0 Å². The number of benzene rings is 1. The molecule has 24 heavy (non-hydrogen) atoms. The van der Waals surface area contributed by atoms with Crippen LogP contribution in [0.25, 0.3) is 10.9 Å². The zero-order valence-corrected chi connectivity index (χ0v) is 14.7. The van der Waals surface area contributed by atoms with E-state index in [9.17, 15) is 13.2 Å². The predicted octanol–water partition coefficient (Wildman–Crippen LogP) is 1.65. The number of rotatable bonds is 3. The van der Waals surface area contributed by atoms with Gasteiger partial charge in [0.1, 0.15) is 4.90 Å².